The third-order valence-electron chi connectivity index (χ3n) is 5.92. The summed E-state index contributed by atoms with van der Waals surface area (Å²) in [5.74, 6) is -1.04. The Bertz CT molecular complexity index is 1150. The summed E-state index contributed by atoms with van der Waals surface area (Å²) in [6.07, 6.45) is 2.28. The Morgan fingerprint density at radius 3 is 2.55 bits per heavy atom. The van der Waals surface area contributed by atoms with Crippen LogP contribution in [0.2, 0.25) is 0 Å². The molecule has 0 unspecified atom stereocenters. The Morgan fingerprint density at radius 1 is 1.21 bits per heavy atom. The van der Waals surface area contributed by atoms with Gasteiger partial charge in [-0.2, -0.15) is 4.31 Å². The quantitative estimate of drug-likeness (QED) is 0.627. The van der Waals surface area contributed by atoms with Crippen molar-refractivity contribution < 1.29 is 22.8 Å². The molecule has 0 spiro atoms. The molecule has 1 fully saturated rings. The van der Waals surface area contributed by atoms with Crippen LogP contribution in [0.4, 0.5) is 0 Å². The first-order chi connectivity index (χ1) is 15.5. The molecule has 1 aliphatic heterocycles. The fraction of sp³-hybridized carbons (Fsp3) is 0.522. The molecule has 2 aromatic rings. The molecule has 3 rings (SSSR count). The topological polar surface area (TPSA) is 118 Å². The first kappa shape index (κ1) is 24.9. The predicted octanol–water partition coefficient (Wildman–Crippen LogP) is 1.43. The van der Waals surface area contributed by atoms with Gasteiger partial charge in [-0.1, -0.05) is 32.0 Å². The number of benzene rings is 1. The number of rotatable bonds is 7. The van der Waals surface area contributed by atoms with Crippen LogP contribution in [0.25, 0.3) is 10.9 Å². The summed E-state index contributed by atoms with van der Waals surface area (Å²) in [5.41, 5.74) is 1.35. The SMILES string of the molecule is CC(C)C[C@H](NC(=O)c1cc2ccccc2n1C)C(=O)N[C@@H]1CCCN(S(C)(=O)=O)CC1=O. The zero-order chi connectivity index (χ0) is 24.3. The first-order valence-electron chi connectivity index (χ1n) is 11.1. The zero-order valence-corrected chi connectivity index (χ0v) is 20.3. The number of Topliss-reactive ketones (excluding diaryl/α,β-unsaturated/α-hetero) is 1. The number of aryl methyl sites for hydroxylation is 1. The molecular weight excluding hydrogens is 444 g/mol. The minimum Gasteiger partial charge on any atom is -0.344 e. The lowest BCUT2D eigenvalue weighted by Crippen LogP contribution is -2.52. The van der Waals surface area contributed by atoms with Crippen molar-refractivity contribution in [3.05, 3.63) is 36.0 Å². The highest BCUT2D eigenvalue weighted by Gasteiger charge is 2.32. The van der Waals surface area contributed by atoms with Crippen LogP contribution in [-0.4, -0.2) is 66.3 Å². The highest BCUT2D eigenvalue weighted by atomic mass is 32.2. The van der Waals surface area contributed by atoms with E-state index in [4.69, 9.17) is 0 Å². The number of carbonyl (C=O) groups is 3. The van der Waals surface area contributed by atoms with Crippen LogP contribution < -0.4 is 10.6 Å². The van der Waals surface area contributed by atoms with Crippen LogP contribution in [0.3, 0.4) is 0 Å². The number of sulfonamides is 1. The van der Waals surface area contributed by atoms with Gasteiger partial charge in [0.1, 0.15) is 11.7 Å². The molecule has 0 radical (unpaired) electrons. The summed E-state index contributed by atoms with van der Waals surface area (Å²) >= 11 is 0. The minimum absolute atomic E-state index is 0.124. The highest BCUT2D eigenvalue weighted by molar-refractivity contribution is 7.88. The van der Waals surface area contributed by atoms with Gasteiger partial charge in [-0.15, -0.1) is 0 Å². The zero-order valence-electron chi connectivity index (χ0n) is 19.5. The van der Waals surface area contributed by atoms with Gasteiger partial charge >= 0.3 is 0 Å². The number of nitrogens with one attached hydrogen (secondary N) is 2. The number of hydrogen-bond donors (Lipinski definition) is 2. The molecule has 1 aromatic heterocycles. The van der Waals surface area contributed by atoms with Gasteiger partial charge in [-0.3, -0.25) is 14.4 Å². The van der Waals surface area contributed by atoms with Crippen molar-refractivity contribution in [3.8, 4) is 0 Å². The standard InChI is InChI=1S/C23H32N4O5S/c1-15(2)12-18(25-23(30)20-13-16-8-5-6-10-19(16)26(20)3)22(29)24-17-9-7-11-27(14-21(17)28)33(4,31)32/h5-6,8,10,13,15,17-18H,7,9,11-12,14H2,1-4H3,(H,24,29)(H,25,30)/t17-,18+/m1/s1. The van der Waals surface area contributed by atoms with E-state index in [1.54, 1.807) is 17.7 Å². The van der Waals surface area contributed by atoms with Crippen LogP contribution in [0.1, 0.15) is 43.6 Å². The fourth-order valence-corrected chi connectivity index (χ4v) is 4.97. The number of hydrogen-bond acceptors (Lipinski definition) is 5. The Balaban J connectivity index is 1.74. The van der Waals surface area contributed by atoms with Crippen molar-refractivity contribution in [2.75, 3.05) is 19.3 Å². The van der Waals surface area contributed by atoms with Gasteiger partial charge in [0.05, 0.1) is 18.8 Å². The number of aromatic nitrogens is 1. The van der Waals surface area contributed by atoms with Crippen LogP contribution in [0, 0.1) is 5.92 Å². The van der Waals surface area contributed by atoms with Crippen LogP contribution >= 0.6 is 0 Å². The van der Waals surface area contributed by atoms with E-state index in [0.717, 1.165) is 21.5 Å². The van der Waals surface area contributed by atoms with E-state index in [0.29, 0.717) is 25.0 Å². The van der Waals surface area contributed by atoms with E-state index >= 15 is 0 Å². The predicted molar refractivity (Wildman–Crippen MR) is 126 cm³/mol. The lowest BCUT2D eigenvalue weighted by atomic mass is 10.0. The minimum atomic E-state index is -3.49. The molecule has 9 nitrogen and oxygen atoms in total. The number of ketones is 1. The molecule has 0 aliphatic carbocycles. The van der Waals surface area contributed by atoms with Crippen LogP contribution in [0.5, 0.6) is 0 Å². The van der Waals surface area contributed by atoms with Crippen molar-refractivity contribution in [2.24, 2.45) is 13.0 Å². The molecule has 2 N–H and O–H groups in total. The van der Waals surface area contributed by atoms with Gasteiger partial charge in [0.2, 0.25) is 15.9 Å². The van der Waals surface area contributed by atoms with Gasteiger partial charge in [0.15, 0.2) is 5.78 Å². The average molecular weight is 477 g/mol. The van der Waals surface area contributed by atoms with Crippen molar-refractivity contribution >= 4 is 38.5 Å². The molecule has 0 saturated carbocycles. The van der Waals surface area contributed by atoms with Crippen molar-refractivity contribution in [2.45, 2.75) is 45.2 Å². The summed E-state index contributed by atoms with van der Waals surface area (Å²) < 4.78 is 26.6. The van der Waals surface area contributed by atoms with E-state index < -0.39 is 28.0 Å². The third-order valence-corrected chi connectivity index (χ3v) is 7.17. The summed E-state index contributed by atoms with van der Waals surface area (Å²) in [5, 5.41) is 6.51. The molecule has 1 aliphatic rings. The number of para-hydroxylation sites is 1. The van der Waals surface area contributed by atoms with E-state index in [1.807, 2.05) is 38.1 Å². The van der Waals surface area contributed by atoms with E-state index in [2.05, 4.69) is 10.6 Å². The molecule has 0 bridgehead atoms. The number of carbonyl (C=O) groups excluding carboxylic acids is 3. The van der Waals surface area contributed by atoms with Crippen molar-refractivity contribution in [3.63, 3.8) is 0 Å². The molecule has 2 heterocycles. The second kappa shape index (κ2) is 10.0. The Kier molecular flexibility index (Phi) is 7.58. The van der Waals surface area contributed by atoms with Gasteiger partial charge in [0, 0.05) is 24.5 Å². The van der Waals surface area contributed by atoms with Gasteiger partial charge < -0.3 is 15.2 Å². The molecule has 2 amide bonds. The molecule has 1 saturated heterocycles. The normalized spacial score (nSPS) is 18.8. The van der Waals surface area contributed by atoms with Gasteiger partial charge in [-0.25, -0.2) is 8.42 Å². The smallest absolute Gasteiger partial charge is 0.268 e. The van der Waals surface area contributed by atoms with Gasteiger partial charge in [-0.05, 0) is 37.3 Å². The average Bonchev–Trinajstić information content (AvgIpc) is 2.95. The lowest BCUT2D eigenvalue weighted by molar-refractivity contribution is -0.129. The monoisotopic (exact) mass is 476 g/mol. The molecule has 180 valence electrons. The molecule has 10 heteroatoms. The second-order valence-electron chi connectivity index (χ2n) is 9.07. The van der Waals surface area contributed by atoms with Gasteiger partial charge in [0.25, 0.3) is 5.91 Å². The molecular formula is C23H32N4O5S. The maximum atomic E-state index is 13.1. The molecule has 2 atom stereocenters. The van der Waals surface area contributed by atoms with Crippen LogP contribution in [0.15, 0.2) is 30.3 Å². The molecule has 1 aromatic carbocycles. The summed E-state index contributed by atoms with van der Waals surface area (Å²) in [6, 6.07) is 7.81. The number of fused-ring (bicyclic) bond motifs is 1. The Morgan fingerprint density at radius 2 is 1.91 bits per heavy atom. The number of nitrogens with zero attached hydrogens (tertiary/aromatic N) is 2. The van der Waals surface area contributed by atoms with E-state index in [-0.39, 0.29) is 30.7 Å². The summed E-state index contributed by atoms with van der Waals surface area (Å²) in [7, 11) is -1.69. The summed E-state index contributed by atoms with van der Waals surface area (Å²) in [6.45, 7) is 3.87. The first-order valence-corrected chi connectivity index (χ1v) is 13.0. The maximum absolute atomic E-state index is 13.1. The Labute approximate surface area is 194 Å². The highest BCUT2D eigenvalue weighted by Crippen LogP contribution is 2.19. The third kappa shape index (κ3) is 6.00. The van der Waals surface area contributed by atoms with E-state index in [1.165, 1.54) is 0 Å². The van der Waals surface area contributed by atoms with Crippen molar-refractivity contribution in [1.29, 1.82) is 0 Å². The fourth-order valence-electron chi connectivity index (χ4n) is 4.15. The maximum Gasteiger partial charge on any atom is 0.268 e. The lowest BCUT2D eigenvalue weighted by Gasteiger charge is -2.23. The van der Waals surface area contributed by atoms with Crippen molar-refractivity contribution in [1.82, 2.24) is 19.5 Å². The summed E-state index contributed by atoms with van der Waals surface area (Å²) in [4.78, 5) is 38.8. The Hall–Kier alpha value is -2.72. The molecule has 33 heavy (non-hydrogen) atoms. The van der Waals surface area contributed by atoms with Crippen LogP contribution in [-0.2, 0) is 26.7 Å². The van der Waals surface area contributed by atoms with E-state index in [9.17, 15) is 22.8 Å². The number of amides is 2. The largest absolute Gasteiger partial charge is 0.344 e. The second-order valence-corrected chi connectivity index (χ2v) is 11.1.